The second-order valence-corrected chi connectivity index (χ2v) is 11.6. The van der Waals surface area contributed by atoms with E-state index in [0.29, 0.717) is 17.5 Å². The molecule has 6 heteroatoms. The molecule has 2 aliphatic rings. The normalized spacial score (nSPS) is 15.5. The van der Waals surface area contributed by atoms with Crippen molar-refractivity contribution in [2.24, 2.45) is 0 Å². The Kier molecular flexibility index (Phi) is 5.11. The number of para-hydroxylation sites is 1. The summed E-state index contributed by atoms with van der Waals surface area (Å²) in [7, 11) is 0. The van der Waals surface area contributed by atoms with Gasteiger partial charge in [0.05, 0.1) is 0 Å². The van der Waals surface area contributed by atoms with Crippen molar-refractivity contribution in [3.05, 3.63) is 162 Å². The number of fused-ring (bicyclic) bond motifs is 12. The lowest BCUT2D eigenvalue weighted by Gasteiger charge is -2.29. The van der Waals surface area contributed by atoms with E-state index in [0.717, 1.165) is 50.1 Å². The number of pyridine rings is 2. The van der Waals surface area contributed by atoms with Gasteiger partial charge in [0, 0.05) is 52.4 Å². The minimum absolute atomic E-state index is 0.581. The number of benzene rings is 4. The summed E-state index contributed by atoms with van der Waals surface area (Å²) in [6, 6.07) is 39.9. The van der Waals surface area contributed by atoms with E-state index in [-0.39, 0.29) is 0 Å². The highest BCUT2D eigenvalue weighted by molar-refractivity contribution is 6.05. The van der Waals surface area contributed by atoms with E-state index < -0.39 is 5.41 Å². The molecule has 4 aromatic carbocycles. The van der Waals surface area contributed by atoms with Gasteiger partial charge in [-0.25, -0.2) is 15.0 Å². The average Bonchev–Trinajstić information content (AvgIpc) is 3.76. The summed E-state index contributed by atoms with van der Waals surface area (Å²) in [6.07, 6.45) is 7.04. The molecule has 0 aliphatic heterocycles. The van der Waals surface area contributed by atoms with Crippen molar-refractivity contribution in [2.45, 2.75) is 5.41 Å². The molecular weight excluding hydrogens is 566 g/mol. The van der Waals surface area contributed by atoms with Crippen molar-refractivity contribution in [1.29, 1.82) is 0 Å². The molecule has 1 unspecified atom stereocenters. The first-order chi connectivity index (χ1) is 22.8. The molecule has 2 aliphatic carbocycles. The third-order valence-electron chi connectivity index (χ3n) is 9.35. The van der Waals surface area contributed by atoms with Crippen LogP contribution in [0.25, 0.3) is 67.4 Å². The Morgan fingerprint density at radius 2 is 1.00 bits per heavy atom. The fraction of sp³-hybridized carbons (Fsp3) is 0.0250. The van der Waals surface area contributed by atoms with Crippen molar-refractivity contribution in [2.75, 3.05) is 0 Å². The molecule has 4 aromatic heterocycles. The number of hydrogen-bond donors (Lipinski definition) is 0. The highest BCUT2D eigenvalue weighted by atomic mass is 16.3. The van der Waals surface area contributed by atoms with Crippen LogP contribution >= 0.6 is 0 Å². The molecule has 0 saturated heterocycles. The quantitative estimate of drug-likeness (QED) is 0.205. The zero-order valence-corrected chi connectivity index (χ0v) is 24.4. The summed E-state index contributed by atoms with van der Waals surface area (Å²) in [5.41, 5.74) is 11.0. The van der Waals surface area contributed by atoms with Gasteiger partial charge in [0.2, 0.25) is 0 Å². The van der Waals surface area contributed by atoms with Crippen LogP contribution in [0.5, 0.6) is 0 Å². The first-order valence-electron chi connectivity index (χ1n) is 15.2. The summed E-state index contributed by atoms with van der Waals surface area (Å²) < 4.78 is 6.95. The van der Waals surface area contributed by atoms with Crippen LogP contribution in [0, 0.1) is 0 Å². The molecule has 0 fully saturated rings. The van der Waals surface area contributed by atoms with Gasteiger partial charge < -0.3 is 4.42 Å². The van der Waals surface area contributed by atoms with Crippen LogP contribution in [0.3, 0.4) is 0 Å². The van der Waals surface area contributed by atoms with E-state index in [1.54, 1.807) is 24.8 Å². The smallest absolute Gasteiger partial charge is 0.164 e. The Bertz CT molecular complexity index is 2430. The summed E-state index contributed by atoms with van der Waals surface area (Å²) in [5.74, 6) is 2.70. The van der Waals surface area contributed by atoms with Crippen LogP contribution < -0.4 is 0 Å². The number of furan rings is 1. The van der Waals surface area contributed by atoms with E-state index in [2.05, 4.69) is 94.9 Å². The van der Waals surface area contributed by atoms with Crippen molar-refractivity contribution in [3.8, 4) is 56.4 Å². The molecule has 10 rings (SSSR count). The third kappa shape index (κ3) is 3.27. The highest BCUT2D eigenvalue weighted by Gasteiger charge is 2.56. The van der Waals surface area contributed by atoms with Gasteiger partial charge in [-0.1, -0.05) is 84.9 Å². The first-order valence-corrected chi connectivity index (χ1v) is 15.2. The molecule has 4 heterocycles. The molecule has 1 spiro atoms. The molecule has 6 nitrogen and oxygen atoms in total. The second kappa shape index (κ2) is 9.36. The van der Waals surface area contributed by atoms with Crippen LogP contribution in [-0.2, 0) is 5.41 Å². The lowest BCUT2D eigenvalue weighted by molar-refractivity contribution is 0.507. The molecule has 214 valence electrons. The average molecular weight is 590 g/mol. The largest absolute Gasteiger partial charge is 0.459 e. The minimum Gasteiger partial charge on any atom is -0.459 e. The maximum absolute atomic E-state index is 6.95. The van der Waals surface area contributed by atoms with Crippen LogP contribution in [0.15, 0.2) is 144 Å². The monoisotopic (exact) mass is 589 g/mol. The van der Waals surface area contributed by atoms with Gasteiger partial charge in [-0.05, 0) is 63.7 Å². The lowest BCUT2D eigenvalue weighted by Crippen LogP contribution is -2.26. The Morgan fingerprint density at radius 3 is 1.72 bits per heavy atom. The third-order valence-corrected chi connectivity index (χ3v) is 9.35. The van der Waals surface area contributed by atoms with Crippen molar-refractivity contribution in [1.82, 2.24) is 24.9 Å². The Balaban J connectivity index is 1.34. The molecular formula is C40H23N5O. The van der Waals surface area contributed by atoms with Gasteiger partial charge in [0.1, 0.15) is 16.8 Å². The zero-order chi connectivity index (χ0) is 30.2. The van der Waals surface area contributed by atoms with Gasteiger partial charge in [-0.2, -0.15) is 0 Å². The standard InChI is InChI=1S/C40H23N5O/c1-4-13-31-26(8-1)27-11-7-12-30(39-44-37(24-16-20-41-21-17-24)43-38(45-39)25-18-22-42-23-19-25)35(27)40(31)32-14-5-2-9-28(32)34-29-10-3-6-15-33(29)46-36(34)40/h1-23H. The fourth-order valence-electron chi connectivity index (χ4n) is 7.55. The molecule has 0 bridgehead atoms. The molecule has 0 radical (unpaired) electrons. The van der Waals surface area contributed by atoms with Gasteiger partial charge in [0.15, 0.2) is 17.5 Å². The molecule has 46 heavy (non-hydrogen) atoms. The van der Waals surface area contributed by atoms with Gasteiger partial charge in [-0.3, -0.25) is 9.97 Å². The van der Waals surface area contributed by atoms with Crippen LogP contribution in [0.1, 0.15) is 22.5 Å². The molecule has 8 aromatic rings. The van der Waals surface area contributed by atoms with Crippen LogP contribution in [0.2, 0.25) is 0 Å². The maximum atomic E-state index is 6.95. The van der Waals surface area contributed by atoms with Gasteiger partial charge in [-0.15, -0.1) is 0 Å². The lowest BCUT2D eigenvalue weighted by atomic mass is 9.71. The molecule has 0 saturated carbocycles. The van der Waals surface area contributed by atoms with Crippen LogP contribution in [0.4, 0.5) is 0 Å². The Labute approximate surface area is 264 Å². The summed E-state index contributed by atoms with van der Waals surface area (Å²) in [6.45, 7) is 0. The zero-order valence-electron chi connectivity index (χ0n) is 24.4. The minimum atomic E-state index is -0.701. The predicted octanol–water partition coefficient (Wildman–Crippen LogP) is 8.75. The maximum Gasteiger partial charge on any atom is 0.164 e. The van der Waals surface area contributed by atoms with E-state index >= 15 is 0 Å². The molecule has 0 N–H and O–H groups in total. The summed E-state index contributed by atoms with van der Waals surface area (Å²) >= 11 is 0. The van der Waals surface area contributed by atoms with Crippen molar-refractivity contribution < 1.29 is 4.42 Å². The van der Waals surface area contributed by atoms with Crippen molar-refractivity contribution in [3.63, 3.8) is 0 Å². The highest BCUT2D eigenvalue weighted by Crippen LogP contribution is 2.65. The number of aromatic nitrogens is 5. The second-order valence-electron chi connectivity index (χ2n) is 11.6. The predicted molar refractivity (Wildman–Crippen MR) is 178 cm³/mol. The SMILES string of the molecule is c1ccc2c(c1)-c1cccc(-c3nc(-c4ccncc4)nc(-c4ccncc4)n3)c1C21c2ccccc2-c2c1oc1ccccc21. The van der Waals surface area contributed by atoms with Gasteiger partial charge >= 0.3 is 0 Å². The van der Waals surface area contributed by atoms with E-state index in [9.17, 15) is 0 Å². The first kappa shape index (κ1) is 25.1. The van der Waals surface area contributed by atoms with Gasteiger partial charge in [0.25, 0.3) is 0 Å². The molecule has 0 amide bonds. The number of nitrogens with zero attached hydrogens (tertiary/aromatic N) is 5. The Hall–Kier alpha value is -6.27. The summed E-state index contributed by atoms with van der Waals surface area (Å²) in [5, 5.41) is 1.12. The summed E-state index contributed by atoms with van der Waals surface area (Å²) in [4.78, 5) is 23.7. The number of rotatable bonds is 3. The van der Waals surface area contributed by atoms with E-state index in [4.69, 9.17) is 19.4 Å². The van der Waals surface area contributed by atoms with E-state index in [1.165, 1.54) is 22.3 Å². The van der Waals surface area contributed by atoms with E-state index in [1.807, 2.05) is 30.3 Å². The fourth-order valence-corrected chi connectivity index (χ4v) is 7.55. The molecule has 1 atom stereocenters. The number of hydrogen-bond acceptors (Lipinski definition) is 6. The van der Waals surface area contributed by atoms with Crippen molar-refractivity contribution >= 4 is 11.0 Å². The Morgan fingerprint density at radius 1 is 0.457 bits per heavy atom. The van der Waals surface area contributed by atoms with Crippen LogP contribution in [-0.4, -0.2) is 24.9 Å². The topological polar surface area (TPSA) is 77.6 Å².